The van der Waals surface area contributed by atoms with Crippen LogP contribution in [0.5, 0.6) is 11.5 Å². The Morgan fingerprint density at radius 2 is 1.90 bits per heavy atom. The van der Waals surface area contributed by atoms with Crippen molar-refractivity contribution in [3.8, 4) is 11.5 Å². The molecule has 0 aliphatic carbocycles. The zero-order valence-electron chi connectivity index (χ0n) is 27.7. The molecule has 8 rings (SSSR count). The fourth-order valence-corrected chi connectivity index (χ4v) is 7.57. The third-order valence-electron chi connectivity index (χ3n) is 9.95. The SMILES string of the molecule is COC(=O)c1cc(F)c2nc(CN3CCN(c4cccc5c4OC(C)(c4ccc(Cl)cc4F)O5)[C@@H]4COC[C@@H]43)n(CCn3ccnc3C)c2c1. The van der Waals surface area contributed by atoms with Crippen molar-refractivity contribution < 1.29 is 32.5 Å². The number of anilines is 1. The minimum atomic E-state index is -1.38. The highest BCUT2D eigenvalue weighted by Crippen LogP contribution is 2.51. The number of methoxy groups -OCH3 is 1. The molecule has 0 saturated carbocycles. The van der Waals surface area contributed by atoms with Crippen LogP contribution in [0.4, 0.5) is 14.5 Å². The molecule has 0 N–H and O–H groups in total. The molecular formula is C36H35ClF2N6O5. The first-order valence-corrected chi connectivity index (χ1v) is 16.8. The second-order valence-electron chi connectivity index (χ2n) is 12.9. The van der Waals surface area contributed by atoms with Crippen molar-refractivity contribution in [1.29, 1.82) is 0 Å². The molecule has 3 atom stereocenters. The first-order valence-electron chi connectivity index (χ1n) is 16.4. The van der Waals surface area contributed by atoms with E-state index in [-0.39, 0.29) is 33.7 Å². The van der Waals surface area contributed by atoms with Gasteiger partial charge in [0.1, 0.15) is 23.0 Å². The Morgan fingerprint density at radius 1 is 1.06 bits per heavy atom. The van der Waals surface area contributed by atoms with Gasteiger partial charge in [-0.25, -0.2) is 23.5 Å². The Balaban J connectivity index is 1.08. The molecular weight excluding hydrogens is 670 g/mol. The largest absolute Gasteiger partial charge is 0.465 e. The van der Waals surface area contributed by atoms with Crippen molar-refractivity contribution in [2.75, 3.05) is 38.3 Å². The van der Waals surface area contributed by atoms with Crippen LogP contribution >= 0.6 is 11.6 Å². The van der Waals surface area contributed by atoms with E-state index in [9.17, 15) is 4.79 Å². The molecule has 5 heterocycles. The molecule has 3 aliphatic rings. The lowest BCUT2D eigenvalue weighted by atomic mass is 10.0. The molecule has 2 aromatic heterocycles. The van der Waals surface area contributed by atoms with Gasteiger partial charge < -0.3 is 33.0 Å². The second kappa shape index (κ2) is 12.6. The van der Waals surface area contributed by atoms with E-state index in [0.29, 0.717) is 68.8 Å². The maximum Gasteiger partial charge on any atom is 0.338 e. The monoisotopic (exact) mass is 704 g/mol. The van der Waals surface area contributed by atoms with Gasteiger partial charge in [0.15, 0.2) is 17.3 Å². The minimum Gasteiger partial charge on any atom is -0.465 e. The third kappa shape index (κ3) is 5.53. The van der Waals surface area contributed by atoms with E-state index in [4.69, 9.17) is 35.5 Å². The number of carbonyl (C=O) groups is 1. The molecule has 0 amide bonds. The summed E-state index contributed by atoms with van der Waals surface area (Å²) < 4.78 is 58.1. The number of nitrogens with zero attached hydrogens (tertiary/aromatic N) is 6. The highest BCUT2D eigenvalue weighted by atomic mass is 35.5. The van der Waals surface area contributed by atoms with Gasteiger partial charge >= 0.3 is 5.97 Å². The second-order valence-corrected chi connectivity index (χ2v) is 13.3. The highest BCUT2D eigenvalue weighted by Gasteiger charge is 2.46. The number of piperazine rings is 1. The molecule has 2 fully saturated rings. The number of para-hydroxylation sites is 1. The van der Waals surface area contributed by atoms with Crippen LogP contribution in [0.15, 0.2) is 60.9 Å². The van der Waals surface area contributed by atoms with Gasteiger partial charge in [-0.2, -0.15) is 0 Å². The molecule has 5 aromatic rings. The fourth-order valence-electron chi connectivity index (χ4n) is 7.41. The number of rotatable bonds is 8. The standard InChI is InChI=1S/C36H35ClF2N6O5/c1-21-40-9-10-42(21)11-14-45-28-16-22(35(46)47-3)15-26(39)33(28)41-32(45)18-43-12-13-44(30-20-48-19-29(30)43)27-5-4-6-31-34(27)50-36(2,49-31)24-8-7-23(37)17-25(24)38/h4-10,15-17,29-30H,11-14,18-20H2,1-3H3/t29-,30+,36?/m0/s1. The molecule has 11 nitrogen and oxygen atoms in total. The van der Waals surface area contributed by atoms with E-state index < -0.39 is 23.4 Å². The average molecular weight is 705 g/mol. The third-order valence-corrected chi connectivity index (χ3v) is 10.2. The number of fused-ring (bicyclic) bond motifs is 3. The van der Waals surface area contributed by atoms with Crippen molar-refractivity contribution in [1.82, 2.24) is 24.0 Å². The van der Waals surface area contributed by atoms with Crippen molar-refractivity contribution in [2.45, 2.75) is 51.4 Å². The summed E-state index contributed by atoms with van der Waals surface area (Å²) in [6.07, 6.45) is 3.64. The van der Waals surface area contributed by atoms with Crippen LogP contribution in [0, 0.1) is 18.6 Å². The van der Waals surface area contributed by atoms with E-state index in [1.54, 1.807) is 31.3 Å². The van der Waals surface area contributed by atoms with Gasteiger partial charge in [-0.3, -0.25) is 4.90 Å². The lowest BCUT2D eigenvalue weighted by Gasteiger charge is -2.44. The summed E-state index contributed by atoms with van der Waals surface area (Å²) >= 11 is 6.01. The molecule has 1 unspecified atom stereocenters. The van der Waals surface area contributed by atoms with Gasteiger partial charge in [-0.1, -0.05) is 17.7 Å². The number of ether oxygens (including phenoxy) is 4. The van der Waals surface area contributed by atoms with E-state index in [2.05, 4.69) is 14.8 Å². The lowest BCUT2D eigenvalue weighted by molar-refractivity contribution is -0.0705. The number of esters is 1. The Hall–Kier alpha value is -4.72. The summed E-state index contributed by atoms with van der Waals surface area (Å²) in [5, 5.41) is 0.288. The smallest absolute Gasteiger partial charge is 0.338 e. The normalized spacial score (nSPS) is 21.6. The molecule has 0 bridgehead atoms. The van der Waals surface area contributed by atoms with Crippen molar-refractivity contribution in [3.05, 3.63) is 100 Å². The molecule has 50 heavy (non-hydrogen) atoms. The summed E-state index contributed by atoms with van der Waals surface area (Å²) in [6.45, 7) is 7.39. The van der Waals surface area contributed by atoms with Crippen LogP contribution in [0.1, 0.15) is 34.5 Å². The van der Waals surface area contributed by atoms with Gasteiger partial charge in [0.05, 0.1) is 61.3 Å². The van der Waals surface area contributed by atoms with Crippen LogP contribution in [-0.4, -0.2) is 75.5 Å². The van der Waals surface area contributed by atoms with Crippen molar-refractivity contribution in [3.63, 3.8) is 0 Å². The number of aromatic nitrogens is 4. The van der Waals surface area contributed by atoms with Crippen molar-refractivity contribution >= 4 is 34.3 Å². The quantitative estimate of drug-likeness (QED) is 0.189. The maximum atomic E-state index is 15.5. The maximum absolute atomic E-state index is 15.5. The Labute approximate surface area is 291 Å². The van der Waals surface area contributed by atoms with E-state index in [1.165, 1.54) is 19.2 Å². The lowest BCUT2D eigenvalue weighted by Crippen LogP contribution is -2.59. The van der Waals surface area contributed by atoms with Crippen molar-refractivity contribution in [2.24, 2.45) is 0 Å². The van der Waals surface area contributed by atoms with Crippen LogP contribution in [0.25, 0.3) is 11.0 Å². The first-order chi connectivity index (χ1) is 24.1. The summed E-state index contributed by atoms with van der Waals surface area (Å²) in [5.74, 6) is -0.495. The van der Waals surface area contributed by atoms with Crippen LogP contribution in [0.3, 0.4) is 0 Å². The molecule has 3 aliphatic heterocycles. The summed E-state index contributed by atoms with van der Waals surface area (Å²) in [5.41, 5.74) is 1.93. The van der Waals surface area contributed by atoms with Gasteiger partial charge in [0.2, 0.25) is 0 Å². The molecule has 260 valence electrons. The van der Waals surface area contributed by atoms with Crippen LogP contribution < -0.4 is 14.4 Å². The Morgan fingerprint density at radius 3 is 2.68 bits per heavy atom. The molecule has 2 saturated heterocycles. The molecule has 0 radical (unpaired) electrons. The number of halogens is 3. The van der Waals surface area contributed by atoms with Gasteiger partial charge in [0.25, 0.3) is 5.79 Å². The van der Waals surface area contributed by atoms with Crippen LogP contribution in [0.2, 0.25) is 5.02 Å². The van der Waals surface area contributed by atoms with Gasteiger partial charge in [-0.15, -0.1) is 0 Å². The Kier molecular flexibility index (Phi) is 8.16. The zero-order valence-corrected chi connectivity index (χ0v) is 28.5. The Bertz CT molecular complexity index is 2120. The molecule has 3 aromatic carbocycles. The fraction of sp³-hybridized carbons (Fsp3) is 0.361. The zero-order chi connectivity index (χ0) is 34.7. The number of imidazole rings is 2. The number of carbonyl (C=O) groups excluding carboxylic acids is 1. The number of aryl methyl sites for hydroxylation is 3. The summed E-state index contributed by atoms with van der Waals surface area (Å²) in [7, 11) is 1.27. The predicted octanol–water partition coefficient (Wildman–Crippen LogP) is 5.69. The van der Waals surface area contributed by atoms with Gasteiger partial charge in [-0.05, 0) is 49.4 Å². The van der Waals surface area contributed by atoms with E-state index in [1.807, 2.05) is 40.5 Å². The topological polar surface area (TPSA) is 96.1 Å². The minimum absolute atomic E-state index is 0.0124. The van der Waals surface area contributed by atoms with Crippen LogP contribution in [-0.2, 0) is 34.9 Å². The summed E-state index contributed by atoms with van der Waals surface area (Å²) in [4.78, 5) is 26.1. The average Bonchev–Trinajstić information content (AvgIpc) is 3.89. The number of hydrogen-bond donors (Lipinski definition) is 0. The number of hydrogen-bond acceptors (Lipinski definition) is 9. The molecule has 0 spiro atoms. The first kappa shape index (κ1) is 32.5. The molecule has 14 heteroatoms. The van der Waals surface area contributed by atoms with E-state index >= 15 is 8.78 Å². The number of benzene rings is 3. The highest BCUT2D eigenvalue weighted by molar-refractivity contribution is 6.30. The summed E-state index contributed by atoms with van der Waals surface area (Å²) in [6, 6.07) is 12.9. The predicted molar refractivity (Wildman–Crippen MR) is 181 cm³/mol. The van der Waals surface area contributed by atoms with E-state index in [0.717, 1.165) is 11.5 Å². The van der Waals surface area contributed by atoms with Gasteiger partial charge in [0, 0.05) is 50.5 Å².